The number of hydrogen-bond donors (Lipinski definition) is 0. The minimum atomic E-state index is -0.118. The molecule has 0 N–H and O–H groups in total. The lowest BCUT2D eigenvalue weighted by atomic mass is 10.1. The molecule has 1 amide bonds. The fraction of sp³-hybridized carbons (Fsp3) is 0.429. The molecule has 1 aromatic heterocycles. The van der Waals surface area contributed by atoms with Crippen LogP contribution in [0.2, 0.25) is 0 Å². The lowest BCUT2D eigenvalue weighted by molar-refractivity contribution is -0.122. The number of hydrogen-bond acceptors (Lipinski definition) is 5. The molecule has 4 rings (SSSR count). The smallest absolute Gasteiger partial charge is 0.233 e. The second kappa shape index (κ2) is 7.56. The Bertz CT molecular complexity index is 803. The summed E-state index contributed by atoms with van der Waals surface area (Å²) in [7, 11) is 1.84. The molecule has 0 saturated carbocycles. The zero-order chi connectivity index (χ0) is 18.8. The molecule has 1 saturated heterocycles. The normalized spacial score (nSPS) is 20.8. The van der Waals surface area contributed by atoms with Gasteiger partial charge in [-0.15, -0.1) is 0 Å². The zero-order valence-electron chi connectivity index (χ0n) is 16.0. The van der Waals surface area contributed by atoms with Crippen LogP contribution in [-0.2, 0) is 11.3 Å². The van der Waals surface area contributed by atoms with E-state index in [1.165, 1.54) is 11.3 Å². The Morgan fingerprint density at radius 2 is 1.85 bits per heavy atom. The van der Waals surface area contributed by atoms with Crippen LogP contribution in [0.4, 0.5) is 11.4 Å². The Balaban J connectivity index is 1.42. The van der Waals surface area contributed by atoms with E-state index in [1.807, 2.05) is 32.4 Å². The van der Waals surface area contributed by atoms with Crippen LogP contribution in [0.15, 0.2) is 42.7 Å². The Labute approximate surface area is 160 Å². The number of pyridine rings is 1. The first kappa shape index (κ1) is 17.8. The number of carbonyl (C=O) groups is 1. The summed E-state index contributed by atoms with van der Waals surface area (Å²) in [4.78, 5) is 23.1. The molecule has 0 radical (unpaired) electrons. The molecule has 0 aliphatic carbocycles. The minimum Gasteiger partial charge on any atom is -0.491 e. The molecule has 142 valence electrons. The molecule has 2 aromatic rings. The SMILES string of the molecule is C[C@H]1COc2ccc(CN3CCN(c4ccncc4)CC3)cc2N(C)C1=O. The van der Waals surface area contributed by atoms with Crippen LogP contribution in [0.5, 0.6) is 5.75 Å². The van der Waals surface area contributed by atoms with Crippen molar-refractivity contribution in [2.24, 2.45) is 5.92 Å². The van der Waals surface area contributed by atoms with Gasteiger partial charge in [0.15, 0.2) is 0 Å². The number of anilines is 2. The summed E-state index contributed by atoms with van der Waals surface area (Å²) in [6.07, 6.45) is 3.69. The highest BCUT2D eigenvalue weighted by molar-refractivity contribution is 5.96. The monoisotopic (exact) mass is 366 g/mol. The van der Waals surface area contributed by atoms with Gasteiger partial charge in [0.05, 0.1) is 18.2 Å². The number of benzene rings is 1. The van der Waals surface area contributed by atoms with E-state index in [4.69, 9.17) is 4.74 Å². The Morgan fingerprint density at radius 3 is 2.59 bits per heavy atom. The maximum atomic E-state index is 12.4. The molecule has 0 bridgehead atoms. The van der Waals surface area contributed by atoms with E-state index in [2.05, 4.69) is 39.0 Å². The van der Waals surface area contributed by atoms with E-state index in [1.54, 1.807) is 4.90 Å². The van der Waals surface area contributed by atoms with Crippen LogP contribution in [0.25, 0.3) is 0 Å². The molecule has 2 aliphatic rings. The number of piperazine rings is 1. The Kier molecular flexibility index (Phi) is 4.99. The van der Waals surface area contributed by atoms with Crippen LogP contribution in [0, 0.1) is 5.92 Å². The van der Waals surface area contributed by atoms with E-state index in [0.717, 1.165) is 44.2 Å². The van der Waals surface area contributed by atoms with Gasteiger partial charge in [0.25, 0.3) is 0 Å². The van der Waals surface area contributed by atoms with Gasteiger partial charge in [0, 0.05) is 57.9 Å². The third-order valence-electron chi connectivity index (χ3n) is 5.43. The molecule has 1 atom stereocenters. The summed E-state index contributed by atoms with van der Waals surface area (Å²) >= 11 is 0. The molecule has 6 heteroatoms. The molecular weight excluding hydrogens is 340 g/mol. The molecule has 1 aromatic carbocycles. The van der Waals surface area contributed by atoms with Gasteiger partial charge in [0.2, 0.25) is 5.91 Å². The topological polar surface area (TPSA) is 48.9 Å². The first-order valence-electron chi connectivity index (χ1n) is 9.52. The van der Waals surface area contributed by atoms with Crippen molar-refractivity contribution >= 4 is 17.3 Å². The summed E-state index contributed by atoms with van der Waals surface area (Å²) in [6, 6.07) is 10.3. The number of ether oxygens (including phenoxy) is 1. The van der Waals surface area contributed by atoms with E-state index < -0.39 is 0 Å². The van der Waals surface area contributed by atoms with Gasteiger partial charge in [0.1, 0.15) is 5.75 Å². The van der Waals surface area contributed by atoms with Crippen molar-refractivity contribution in [2.75, 3.05) is 49.6 Å². The van der Waals surface area contributed by atoms with Crippen molar-refractivity contribution in [3.8, 4) is 5.75 Å². The first-order valence-corrected chi connectivity index (χ1v) is 9.52. The molecule has 0 spiro atoms. The number of aromatic nitrogens is 1. The third-order valence-corrected chi connectivity index (χ3v) is 5.43. The third kappa shape index (κ3) is 3.76. The second-order valence-corrected chi connectivity index (χ2v) is 7.38. The van der Waals surface area contributed by atoms with Crippen molar-refractivity contribution in [2.45, 2.75) is 13.5 Å². The van der Waals surface area contributed by atoms with Crippen LogP contribution in [0.3, 0.4) is 0 Å². The fourth-order valence-electron chi connectivity index (χ4n) is 3.76. The van der Waals surface area contributed by atoms with Gasteiger partial charge in [-0.25, -0.2) is 0 Å². The number of fused-ring (bicyclic) bond motifs is 1. The van der Waals surface area contributed by atoms with Gasteiger partial charge in [-0.2, -0.15) is 0 Å². The zero-order valence-corrected chi connectivity index (χ0v) is 16.0. The maximum absolute atomic E-state index is 12.4. The van der Waals surface area contributed by atoms with Crippen LogP contribution >= 0.6 is 0 Å². The van der Waals surface area contributed by atoms with E-state index in [9.17, 15) is 4.79 Å². The molecule has 3 heterocycles. The fourth-order valence-corrected chi connectivity index (χ4v) is 3.76. The summed E-state index contributed by atoms with van der Waals surface area (Å²) < 4.78 is 5.82. The lowest BCUT2D eigenvalue weighted by Crippen LogP contribution is -2.46. The van der Waals surface area contributed by atoms with Crippen molar-refractivity contribution in [3.63, 3.8) is 0 Å². The summed E-state index contributed by atoms with van der Waals surface area (Å²) in [6.45, 7) is 7.28. The summed E-state index contributed by atoms with van der Waals surface area (Å²) in [5.74, 6) is 0.783. The van der Waals surface area contributed by atoms with Crippen LogP contribution in [0.1, 0.15) is 12.5 Å². The number of amides is 1. The van der Waals surface area contributed by atoms with E-state index >= 15 is 0 Å². The highest BCUT2D eigenvalue weighted by Gasteiger charge is 2.26. The second-order valence-electron chi connectivity index (χ2n) is 7.38. The van der Waals surface area contributed by atoms with Gasteiger partial charge in [-0.1, -0.05) is 13.0 Å². The molecule has 6 nitrogen and oxygen atoms in total. The number of nitrogens with zero attached hydrogens (tertiary/aromatic N) is 4. The van der Waals surface area contributed by atoms with Crippen molar-refractivity contribution in [1.82, 2.24) is 9.88 Å². The van der Waals surface area contributed by atoms with Crippen molar-refractivity contribution in [3.05, 3.63) is 48.3 Å². The van der Waals surface area contributed by atoms with Crippen molar-refractivity contribution < 1.29 is 9.53 Å². The summed E-state index contributed by atoms with van der Waals surface area (Å²) in [5.41, 5.74) is 3.32. The predicted octanol–water partition coefficient (Wildman–Crippen LogP) is 2.40. The predicted molar refractivity (Wildman–Crippen MR) is 106 cm³/mol. The van der Waals surface area contributed by atoms with Gasteiger partial charge < -0.3 is 14.5 Å². The molecule has 0 unspecified atom stereocenters. The number of rotatable bonds is 3. The van der Waals surface area contributed by atoms with E-state index in [0.29, 0.717) is 6.61 Å². The molecule has 1 fully saturated rings. The largest absolute Gasteiger partial charge is 0.491 e. The van der Waals surface area contributed by atoms with E-state index in [-0.39, 0.29) is 11.8 Å². The molecule has 2 aliphatic heterocycles. The molecular formula is C21H26N4O2. The standard InChI is InChI=1S/C21H26N4O2/c1-16-15-27-20-4-3-17(13-19(20)23(2)21(16)26)14-24-9-11-25(12-10-24)18-5-7-22-8-6-18/h3-8,13,16H,9-12,14-15H2,1-2H3/t16-/m0/s1. The van der Waals surface area contributed by atoms with Gasteiger partial charge >= 0.3 is 0 Å². The quantitative estimate of drug-likeness (QED) is 0.835. The minimum absolute atomic E-state index is 0.108. The Morgan fingerprint density at radius 1 is 1.11 bits per heavy atom. The van der Waals surface area contributed by atoms with Gasteiger partial charge in [-0.05, 0) is 29.8 Å². The number of carbonyl (C=O) groups excluding carboxylic acids is 1. The van der Waals surface area contributed by atoms with Gasteiger partial charge in [-0.3, -0.25) is 14.7 Å². The van der Waals surface area contributed by atoms with Crippen LogP contribution in [-0.4, -0.2) is 55.6 Å². The maximum Gasteiger partial charge on any atom is 0.233 e. The average molecular weight is 366 g/mol. The highest BCUT2D eigenvalue weighted by atomic mass is 16.5. The lowest BCUT2D eigenvalue weighted by Gasteiger charge is -2.36. The summed E-state index contributed by atoms with van der Waals surface area (Å²) in [5, 5.41) is 0. The van der Waals surface area contributed by atoms with Crippen LogP contribution < -0.4 is 14.5 Å². The molecule has 27 heavy (non-hydrogen) atoms. The first-order chi connectivity index (χ1) is 13.1. The average Bonchev–Trinajstić information content (AvgIpc) is 2.82. The Hall–Kier alpha value is -2.60. The van der Waals surface area contributed by atoms with Crippen molar-refractivity contribution in [1.29, 1.82) is 0 Å². The highest BCUT2D eigenvalue weighted by Crippen LogP contribution is 2.33.